The van der Waals surface area contributed by atoms with Gasteiger partial charge in [-0.1, -0.05) is 18.2 Å². The minimum Gasteiger partial charge on any atom is -0.347 e. The Morgan fingerprint density at radius 2 is 1.97 bits per heavy atom. The zero-order chi connectivity index (χ0) is 21.4. The van der Waals surface area contributed by atoms with Crippen molar-refractivity contribution in [2.75, 3.05) is 0 Å². The molecular weight excluding hydrogens is 384 g/mol. The van der Waals surface area contributed by atoms with Crippen LogP contribution in [0.25, 0.3) is 16.9 Å². The Hall–Kier alpha value is -4.08. The lowest BCUT2D eigenvalue weighted by atomic mass is 10.1. The lowest BCUT2D eigenvalue weighted by Gasteiger charge is -2.04. The third-order valence-corrected chi connectivity index (χ3v) is 4.92. The molecule has 0 atom stereocenters. The zero-order valence-corrected chi connectivity index (χ0v) is 17.0. The number of H-pyrrole nitrogens is 1. The molecule has 10 nitrogen and oxygen atoms in total. The lowest BCUT2D eigenvalue weighted by molar-refractivity contribution is 0.0947. The molecular formula is C20H20N8O2. The second-order valence-electron chi connectivity index (χ2n) is 6.92. The first-order valence-electron chi connectivity index (χ1n) is 9.25. The van der Waals surface area contributed by atoms with E-state index in [1.54, 1.807) is 26.1 Å². The van der Waals surface area contributed by atoms with Gasteiger partial charge >= 0.3 is 0 Å². The molecule has 0 spiro atoms. The topological polar surface area (TPSA) is 123 Å². The van der Waals surface area contributed by atoms with Gasteiger partial charge in [-0.25, -0.2) is 5.43 Å². The molecule has 3 aromatic heterocycles. The fourth-order valence-electron chi connectivity index (χ4n) is 3.23. The number of aromatic amines is 1. The molecule has 4 rings (SSSR count). The third kappa shape index (κ3) is 3.28. The molecule has 10 heteroatoms. The molecule has 0 saturated heterocycles. The fraction of sp³-hybridized carbons (Fsp3) is 0.200. The standard InChI is InChI=1S/C20H20N8O2/c1-11-9-17(28(26-11)20-22-18(29)12(2)23-25-20)19(30)24-21-10-15-13(3)27(4)16-8-6-5-7-14(15)16/h5-10H,1-4H3,(H,24,30)(H,22,25,29)/b21-10-. The third-order valence-electron chi connectivity index (χ3n) is 4.92. The van der Waals surface area contributed by atoms with Crippen molar-refractivity contribution in [1.82, 2.24) is 35.0 Å². The summed E-state index contributed by atoms with van der Waals surface area (Å²) >= 11 is 0. The molecule has 3 heterocycles. The average Bonchev–Trinajstić information content (AvgIpc) is 3.23. The Labute approximate surface area is 171 Å². The van der Waals surface area contributed by atoms with E-state index in [1.165, 1.54) is 4.68 Å². The van der Waals surface area contributed by atoms with E-state index in [9.17, 15) is 9.59 Å². The molecule has 0 aliphatic carbocycles. The van der Waals surface area contributed by atoms with E-state index in [0.717, 1.165) is 22.2 Å². The van der Waals surface area contributed by atoms with Crippen molar-refractivity contribution in [2.24, 2.45) is 12.1 Å². The Balaban J connectivity index is 1.62. The Bertz CT molecular complexity index is 1360. The summed E-state index contributed by atoms with van der Waals surface area (Å²) in [6.07, 6.45) is 1.62. The van der Waals surface area contributed by atoms with Crippen LogP contribution in [0.4, 0.5) is 0 Å². The smallest absolute Gasteiger partial charge is 0.290 e. The number of aryl methyl sites for hydroxylation is 3. The molecule has 2 N–H and O–H groups in total. The molecule has 0 radical (unpaired) electrons. The number of para-hydroxylation sites is 1. The maximum absolute atomic E-state index is 12.7. The molecule has 30 heavy (non-hydrogen) atoms. The number of nitrogens with one attached hydrogen (secondary N) is 2. The van der Waals surface area contributed by atoms with Gasteiger partial charge in [0, 0.05) is 29.2 Å². The second-order valence-corrected chi connectivity index (χ2v) is 6.92. The largest absolute Gasteiger partial charge is 0.347 e. The summed E-state index contributed by atoms with van der Waals surface area (Å²) in [4.78, 5) is 27.1. The van der Waals surface area contributed by atoms with Crippen molar-refractivity contribution in [2.45, 2.75) is 20.8 Å². The van der Waals surface area contributed by atoms with Crippen LogP contribution in [-0.2, 0) is 7.05 Å². The molecule has 0 aliphatic heterocycles. The number of hydrogen-bond acceptors (Lipinski definition) is 6. The zero-order valence-electron chi connectivity index (χ0n) is 17.0. The van der Waals surface area contributed by atoms with E-state index < -0.39 is 11.5 Å². The van der Waals surface area contributed by atoms with Crippen LogP contribution >= 0.6 is 0 Å². The molecule has 0 bridgehead atoms. The highest BCUT2D eigenvalue weighted by molar-refractivity contribution is 6.01. The summed E-state index contributed by atoms with van der Waals surface area (Å²) in [5.74, 6) is -0.439. The van der Waals surface area contributed by atoms with E-state index in [-0.39, 0.29) is 17.3 Å². The molecule has 0 fully saturated rings. The maximum atomic E-state index is 12.7. The lowest BCUT2D eigenvalue weighted by Crippen LogP contribution is -2.24. The molecule has 152 valence electrons. The van der Waals surface area contributed by atoms with E-state index in [2.05, 4.69) is 35.4 Å². The van der Waals surface area contributed by atoms with Crippen LogP contribution in [0.1, 0.15) is 33.1 Å². The highest BCUT2D eigenvalue weighted by Crippen LogP contribution is 2.23. The van der Waals surface area contributed by atoms with Crippen molar-refractivity contribution in [3.8, 4) is 5.95 Å². The highest BCUT2D eigenvalue weighted by Gasteiger charge is 2.17. The van der Waals surface area contributed by atoms with Crippen LogP contribution < -0.4 is 11.0 Å². The van der Waals surface area contributed by atoms with Gasteiger partial charge in [0.1, 0.15) is 11.4 Å². The Kier molecular flexibility index (Phi) is 4.74. The van der Waals surface area contributed by atoms with Gasteiger partial charge in [-0.2, -0.15) is 14.9 Å². The molecule has 1 aromatic carbocycles. The van der Waals surface area contributed by atoms with Crippen LogP contribution in [0.15, 0.2) is 40.2 Å². The predicted molar refractivity (Wildman–Crippen MR) is 112 cm³/mol. The fourth-order valence-corrected chi connectivity index (χ4v) is 3.23. The minimum absolute atomic E-state index is 0.0535. The van der Waals surface area contributed by atoms with Gasteiger partial charge in [-0.05, 0) is 32.9 Å². The van der Waals surface area contributed by atoms with Crippen molar-refractivity contribution in [3.05, 3.63) is 69.0 Å². The van der Waals surface area contributed by atoms with E-state index >= 15 is 0 Å². The Morgan fingerprint density at radius 3 is 2.73 bits per heavy atom. The molecule has 0 saturated carbocycles. The van der Waals surface area contributed by atoms with Gasteiger partial charge < -0.3 is 4.57 Å². The van der Waals surface area contributed by atoms with Crippen molar-refractivity contribution >= 4 is 23.0 Å². The Morgan fingerprint density at radius 1 is 1.20 bits per heavy atom. The number of hydrazone groups is 1. The number of benzene rings is 1. The molecule has 4 aromatic rings. The summed E-state index contributed by atoms with van der Waals surface area (Å²) in [5.41, 5.74) is 6.13. The number of hydrogen-bond donors (Lipinski definition) is 2. The van der Waals surface area contributed by atoms with E-state index in [0.29, 0.717) is 5.69 Å². The summed E-state index contributed by atoms with van der Waals surface area (Å²) < 4.78 is 3.31. The first-order valence-corrected chi connectivity index (χ1v) is 9.25. The van der Waals surface area contributed by atoms with Crippen LogP contribution in [0.2, 0.25) is 0 Å². The predicted octanol–water partition coefficient (Wildman–Crippen LogP) is 1.53. The quantitative estimate of drug-likeness (QED) is 0.394. The van der Waals surface area contributed by atoms with E-state index in [1.807, 2.05) is 38.2 Å². The highest BCUT2D eigenvalue weighted by atomic mass is 16.2. The molecule has 0 unspecified atom stereocenters. The van der Waals surface area contributed by atoms with Crippen LogP contribution in [-0.4, -0.2) is 41.7 Å². The number of rotatable bonds is 4. The minimum atomic E-state index is -0.493. The monoisotopic (exact) mass is 404 g/mol. The normalized spacial score (nSPS) is 11.5. The van der Waals surface area contributed by atoms with Gasteiger partial charge in [-0.3, -0.25) is 14.6 Å². The second kappa shape index (κ2) is 7.39. The van der Waals surface area contributed by atoms with Gasteiger partial charge in [0.15, 0.2) is 0 Å². The van der Waals surface area contributed by atoms with Gasteiger partial charge in [0.2, 0.25) is 0 Å². The van der Waals surface area contributed by atoms with Crippen LogP contribution in [0, 0.1) is 20.8 Å². The van der Waals surface area contributed by atoms with Crippen molar-refractivity contribution in [3.63, 3.8) is 0 Å². The first kappa shape index (κ1) is 19.2. The van der Waals surface area contributed by atoms with Crippen LogP contribution in [0.3, 0.4) is 0 Å². The molecule has 0 aliphatic rings. The number of aromatic nitrogens is 6. The number of amides is 1. The first-order chi connectivity index (χ1) is 14.4. The summed E-state index contributed by atoms with van der Waals surface area (Å²) in [6, 6.07) is 9.56. The maximum Gasteiger partial charge on any atom is 0.290 e. The van der Waals surface area contributed by atoms with Gasteiger partial charge in [-0.15, -0.1) is 10.2 Å². The summed E-state index contributed by atoms with van der Waals surface area (Å²) in [7, 11) is 1.98. The van der Waals surface area contributed by atoms with Crippen molar-refractivity contribution in [1.29, 1.82) is 0 Å². The van der Waals surface area contributed by atoms with Crippen LogP contribution in [0.5, 0.6) is 0 Å². The number of nitrogens with zero attached hydrogens (tertiary/aromatic N) is 6. The summed E-state index contributed by atoms with van der Waals surface area (Å²) in [6.45, 7) is 5.27. The summed E-state index contributed by atoms with van der Waals surface area (Å²) in [5, 5.41) is 17.1. The number of fused-ring (bicyclic) bond motifs is 1. The molecule has 1 amide bonds. The van der Waals surface area contributed by atoms with Gasteiger partial charge in [0.25, 0.3) is 17.4 Å². The number of carbonyl (C=O) groups excluding carboxylic acids is 1. The average molecular weight is 404 g/mol. The van der Waals surface area contributed by atoms with E-state index in [4.69, 9.17) is 0 Å². The SMILES string of the molecule is Cc1cc(C(=O)N/N=C\c2c(C)n(C)c3ccccc23)n(-c2nnc(C)c(=O)[nH]2)n1. The van der Waals surface area contributed by atoms with Gasteiger partial charge in [0.05, 0.1) is 11.9 Å². The number of carbonyl (C=O) groups is 1. The van der Waals surface area contributed by atoms with Crippen molar-refractivity contribution < 1.29 is 4.79 Å².